The standard InChI is InChI=1S/C12H14BrN3S/c1-8-11(14)15-17-12(8)16(2)7-9-4-3-5-10(13)6-9/h3-6H,7H2,1-2H3,(H2,14,15). The molecule has 0 saturated carbocycles. The number of benzene rings is 1. The van der Waals surface area contributed by atoms with E-state index in [-0.39, 0.29) is 0 Å². The van der Waals surface area contributed by atoms with Crippen molar-refractivity contribution < 1.29 is 0 Å². The van der Waals surface area contributed by atoms with Crippen molar-refractivity contribution in [3.8, 4) is 0 Å². The minimum atomic E-state index is 0.631. The average Bonchev–Trinajstić information content (AvgIpc) is 2.60. The summed E-state index contributed by atoms with van der Waals surface area (Å²) in [5, 5.41) is 1.13. The molecule has 0 aliphatic carbocycles. The van der Waals surface area contributed by atoms with E-state index in [9.17, 15) is 0 Å². The summed E-state index contributed by atoms with van der Waals surface area (Å²) in [5.41, 5.74) is 8.08. The van der Waals surface area contributed by atoms with Crippen LogP contribution in [0.1, 0.15) is 11.1 Å². The average molecular weight is 312 g/mol. The molecule has 0 amide bonds. The number of nitrogen functional groups attached to an aromatic ring is 1. The van der Waals surface area contributed by atoms with E-state index < -0.39 is 0 Å². The maximum Gasteiger partial charge on any atom is 0.142 e. The monoisotopic (exact) mass is 311 g/mol. The molecule has 2 N–H and O–H groups in total. The lowest BCUT2D eigenvalue weighted by Gasteiger charge is -2.17. The number of hydrogen-bond acceptors (Lipinski definition) is 4. The summed E-state index contributed by atoms with van der Waals surface area (Å²) in [6.07, 6.45) is 0. The van der Waals surface area contributed by atoms with E-state index in [0.29, 0.717) is 5.82 Å². The van der Waals surface area contributed by atoms with Gasteiger partial charge in [0, 0.05) is 23.6 Å². The van der Waals surface area contributed by atoms with Gasteiger partial charge in [-0.15, -0.1) is 0 Å². The van der Waals surface area contributed by atoms with Crippen LogP contribution in [0, 0.1) is 6.92 Å². The van der Waals surface area contributed by atoms with Crippen molar-refractivity contribution in [3.63, 3.8) is 0 Å². The molecule has 0 unspecified atom stereocenters. The minimum Gasteiger partial charge on any atom is -0.383 e. The second-order valence-electron chi connectivity index (χ2n) is 3.98. The number of rotatable bonds is 3. The summed E-state index contributed by atoms with van der Waals surface area (Å²) >= 11 is 4.93. The molecule has 17 heavy (non-hydrogen) atoms. The van der Waals surface area contributed by atoms with Crippen LogP contribution in [0.25, 0.3) is 0 Å². The lowest BCUT2D eigenvalue weighted by molar-refractivity contribution is 0.929. The Bertz CT molecular complexity index is 524. The van der Waals surface area contributed by atoms with Crippen LogP contribution < -0.4 is 10.6 Å². The van der Waals surface area contributed by atoms with Crippen molar-refractivity contribution in [3.05, 3.63) is 39.9 Å². The Morgan fingerprint density at radius 2 is 2.24 bits per heavy atom. The first-order valence-corrected chi connectivity index (χ1v) is 6.82. The molecule has 3 nitrogen and oxygen atoms in total. The van der Waals surface area contributed by atoms with Gasteiger partial charge in [0.15, 0.2) is 0 Å². The number of halogens is 1. The zero-order valence-electron chi connectivity index (χ0n) is 9.77. The van der Waals surface area contributed by atoms with Gasteiger partial charge in [0.2, 0.25) is 0 Å². The molecule has 5 heteroatoms. The smallest absolute Gasteiger partial charge is 0.142 e. The fourth-order valence-corrected chi connectivity index (χ4v) is 2.89. The molecule has 0 fully saturated rings. The number of anilines is 2. The zero-order chi connectivity index (χ0) is 12.4. The molecule has 0 bridgehead atoms. The van der Waals surface area contributed by atoms with Crippen molar-refractivity contribution in [1.29, 1.82) is 0 Å². The maximum atomic E-state index is 5.76. The largest absolute Gasteiger partial charge is 0.383 e. The lowest BCUT2D eigenvalue weighted by Crippen LogP contribution is -2.16. The van der Waals surface area contributed by atoms with Gasteiger partial charge in [0.25, 0.3) is 0 Å². The third-order valence-electron chi connectivity index (χ3n) is 2.59. The van der Waals surface area contributed by atoms with Gasteiger partial charge in [-0.25, -0.2) is 0 Å². The fourth-order valence-electron chi connectivity index (χ4n) is 1.68. The van der Waals surface area contributed by atoms with Crippen LogP contribution in [-0.2, 0) is 6.54 Å². The molecular weight excluding hydrogens is 298 g/mol. The molecule has 0 saturated heterocycles. The Morgan fingerprint density at radius 1 is 1.47 bits per heavy atom. The van der Waals surface area contributed by atoms with Crippen LogP contribution in [-0.4, -0.2) is 11.4 Å². The van der Waals surface area contributed by atoms with Crippen LogP contribution in [0.3, 0.4) is 0 Å². The van der Waals surface area contributed by atoms with Crippen molar-refractivity contribution in [2.24, 2.45) is 0 Å². The Labute approximate surface area is 114 Å². The van der Waals surface area contributed by atoms with E-state index in [0.717, 1.165) is 21.6 Å². The molecule has 1 aromatic carbocycles. The summed E-state index contributed by atoms with van der Waals surface area (Å²) in [7, 11) is 2.06. The van der Waals surface area contributed by atoms with Gasteiger partial charge in [0.1, 0.15) is 10.8 Å². The van der Waals surface area contributed by atoms with Crippen LogP contribution in [0.4, 0.5) is 10.8 Å². The van der Waals surface area contributed by atoms with Crippen LogP contribution in [0.5, 0.6) is 0 Å². The molecule has 2 aromatic rings. The highest BCUT2D eigenvalue weighted by atomic mass is 79.9. The Morgan fingerprint density at radius 3 is 2.82 bits per heavy atom. The van der Waals surface area contributed by atoms with E-state index in [2.05, 4.69) is 44.4 Å². The normalized spacial score (nSPS) is 10.5. The Kier molecular flexibility index (Phi) is 3.69. The second-order valence-corrected chi connectivity index (χ2v) is 5.65. The number of nitrogens with zero attached hydrogens (tertiary/aromatic N) is 2. The number of nitrogens with two attached hydrogens (primary N) is 1. The summed E-state index contributed by atoms with van der Waals surface area (Å²) < 4.78 is 5.27. The minimum absolute atomic E-state index is 0.631. The summed E-state index contributed by atoms with van der Waals surface area (Å²) in [6.45, 7) is 2.85. The van der Waals surface area contributed by atoms with Gasteiger partial charge in [0.05, 0.1) is 0 Å². The van der Waals surface area contributed by atoms with Gasteiger partial charge in [-0.1, -0.05) is 28.1 Å². The van der Waals surface area contributed by atoms with E-state index >= 15 is 0 Å². The van der Waals surface area contributed by atoms with Gasteiger partial charge >= 0.3 is 0 Å². The number of aromatic nitrogens is 1. The molecule has 2 rings (SSSR count). The molecular formula is C12H14BrN3S. The zero-order valence-corrected chi connectivity index (χ0v) is 12.2. The predicted octanol–water partition coefficient (Wildman–Crippen LogP) is 3.43. The van der Waals surface area contributed by atoms with Gasteiger partial charge in [-0.3, -0.25) is 0 Å². The molecule has 0 spiro atoms. The molecule has 0 aliphatic rings. The molecule has 1 aromatic heterocycles. The van der Waals surface area contributed by atoms with E-state index in [1.807, 2.05) is 19.1 Å². The van der Waals surface area contributed by atoms with Crippen LogP contribution >= 0.6 is 27.5 Å². The molecule has 1 heterocycles. The molecule has 0 atom stereocenters. The first-order valence-electron chi connectivity index (χ1n) is 5.25. The first-order chi connectivity index (χ1) is 8.08. The SMILES string of the molecule is Cc1c(N)nsc1N(C)Cc1cccc(Br)c1. The highest BCUT2D eigenvalue weighted by Crippen LogP contribution is 2.29. The quantitative estimate of drug-likeness (QED) is 0.944. The summed E-state index contributed by atoms with van der Waals surface area (Å²) in [5.74, 6) is 0.631. The van der Waals surface area contributed by atoms with Gasteiger partial charge in [-0.2, -0.15) is 4.37 Å². The van der Waals surface area contributed by atoms with Crippen molar-refractivity contribution in [2.45, 2.75) is 13.5 Å². The predicted molar refractivity (Wildman–Crippen MR) is 77.5 cm³/mol. The molecule has 0 aliphatic heterocycles. The molecule has 0 radical (unpaired) electrons. The third-order valence-corrected chi connectivity index (χ3v) is 4.16. The first kappa shape index (κ1) is 12.4. The van der Waals surface area contributed by atoms with E-state index in [1.165, 1.54) is 17.1 Å². The lowest BCUT2D eigenvalue weighted by atomic mass is 10.2. The highest BCUT2D eigenvalue weighted by molar-refractivity contribution is 9.10. The Hall–Kier alpha value is -1.07. The fraction of sp³-hybridized carbons (Fsp3) is 0.250. The van der Waals surface area contributed by atoms with Gasteiger partial charge in [-0.05, 0) is 36.2 Å². The van der Waals surface area contributed by atoms with Gasteiger partial charge < -0.3 is 10.6 Å². The highest BCUT2D eigenvalue weighted by Gasteiger charge is 2.11. The van der Waals surface area contributed by atoms with E-state index in [4.69, 9.17) is 5.73 Å². The summed E-state index contributed by atoms with van der Waals surface area (Å²) in [6, 6.07) is 8.30. The third kappa shape index (κ3) is 2.79. The maximum absolute atomic E-state index is 5.76. The topological polar surface area (TPSA) is 42.1 Å². The Balaban J connectivity index is 2.17. The van der Waals surface area contributed by atoms with E-state index in [1.54, 1.807) is 0 Å². The van der Waals surface area contributed by atoms with Crippen molar-refractivity contribution in [2.75, 3.05) is 17.7 Å². The van der Waals surface area contributed by atoms with Crippen molar-refractivity contribution in [1.82, 2.24) is 4.37 Å². The van der Waals surface area contributed by atoms with Crippen LogP contribution in [0.2, 0.25) is 0 Å². The number of hydrogen-bond donors (Lipinski definition) is 1. The molecule has 90 valence electrons. The van der Waals surface area contributed by atoms with Crippen molar-refractivity contribution >= 4 is 38.3 Å². The van der Waals surface area contributed by atoms with Crippen LogP contribution in [0.15, 0.2) is 28.7 Å². The summed E-state index contributed by atoms with van der Waals surface area (Å²) in [4.78, 5) is 2.17. The second kappa shape index (κ2) is 5.06.